The van der Waals surface area contributed by atoms with E-state index in [0.29, 0.717) is 19.5 Å². The molecule has 18 heavy (non-hydrogen) atoms. The molecule has 100 valence electrons. The van der Waals surface area contributed by atoms with Crippen LogP contribution in [0.15, 0.2) is 0 Å². The van der Waals surface area contributed by atoms with Crippen LogP contribution >= 0.6 is 0 Å². The van der Waals surface area contributed by atoms with Gasteiger partial charge in [0.15, 0.2) is 23.3 Å². The highest BCUT2D eigenvalue weighted by Crippen LogP contribution is 2.25. The Morgan fingerprint density at radius 1 is 0.944 bits per heavy atom. The van der Waals surface area contributed by atoms with E-state index >= 15 is 0 Å². The second kappa shape index (κ2) is 4.81. The fourth-order valence-electron chi connectivity index (χ4n) is 2.02. The maximum Gasteiger partial charge on any atom is 0.200 e. The lowest BCUT2D eigenvalue weighted by Gasteiger charge is -2.16. The summed E-state index contributed by atoms with van der Waals surface area (Å²) in [6.45, 7) is 0.514. The highest BCUT2D eigenvalue weighted by Gasteiger charge is 2.28. The molecule has 1 heterocycles. The van der Waals surface area contributed by atoms with E-state index in [9.17, 15) is 22.0 Å². The molecule has 1 fully saturated rings. The lowest BCUT2D eigenvalue weighted by atomic mass is 10.1. The van der Waals surface area contributed by atoms with Crippen LogP contribution in [-0.2, 0) is 6.54 Å². The van der Waals surface area contributed by atoms with Gasteiger partial charge >= 0.3 is 0 Å². The number of benzene rings is 1. The molecule has 1 saturated heterocycles. The molecule has 1 atom stereocenters. The summed E-state index contributed by atoms with van der Waals surface area (Å²) < 4.78 is 65.5. The van der Waals surface area contributed by atoms with Crippen molar-refractivity contribution in [2.45, 2.75) is 19.0 Å². The van der Waals surface area contributed by atoms with Crippen LogP contribution in [0.4, 0.5) is 22.0 Å². The van der Waals surface area contributed by atoms with E-state index in [1.54, 1.807) is 4.90 Å². The van der Waals surface area contributed by atoms with Crippen molar-refractivity contribution in [1.29, 1.82) is 0 Å². The van der Waals surface area contributed by atoms with Gasteiger partial charge in [-0.25, -0.2) is 22.0 Å². The lowest BCUT2D eigenvalue weighted by molar-refractivity contribution is 0.299. The van der Waals surface area contributed by atoms with Gasteiger partial charge in [-0.1, -0.05) is 0 Å². The molecular formula is C11H11F5N2. The average Bonchev–Trinajstić information content (AvgIpc) is 2.75. The summed E-state index contributed by atoms with van der Waals surface area (Å²) in [5.74, 6) is -9.49. The number of rotatable bonds is 2. The highest BCUT2D eigenvalue weighted by molar-refractivity contribution is 5.24. The molecule has 0 radical (unpaired) electrons. The number of halogens is 5. The monoisotopic (exact) mass is 266 g/mol. The van der Waals surface area contributed by atoms with Gasteiger partial charge in [0.1, 0.15) is 0 Å². The summed E-state index contributed by atoms with van der Waals surface area (Å²) >= 11 is 0. The van der Waals surface area contributed by atoms with Crippen molar-refractivity contribution in [3.63, 3.8) is 0 Å². The highest BCUT2D eigenvalue weighted by atomic mass is 19.2. The Kier molecular flexibility index (Phi) is 3.54. The third kappa shape index (κ3) is 2.20. The topological polar surface area (TPSA) is 29.3 Å². The summed E-state index contributed by atoms with van der Waals surface area (Å²) in [5, 5.41) is 0. The van der Waals surface area contributed by atoms with E-state index in [-0.39, 0.29) is 12.6 Å². The minimum absolute atomic E-state index is 0.133. The van der Waals surface area contributed by atoms with Crippen LogP contribution in [0.25, 0.3) is 0 Å². The van der Waals surface area contributed by atoms with Crippen LogP contribution in [0, 0.1) is 29.1 Å². The molecule has 1 unspecified atom stereocenters. The van der Waals surface area contributed by atoms with Gasteiger partial charge in [0.2, 0.25) is 5.82 Å². The Balaban J connectivity index is 2.33. The molecule has 7 heteroatoms. The molecule has 0 aromatic heterocycles. The summed E-state index contributed by atoms with van der Waals surface area (Å²) in [7, 11) is 0. The largest absolute Gasteiger partial charge is 0.326 e. The number of likely N-dealkylation sites (tertiary alicyclic amines) is 1. The SMILES string of the molecule is NC1CCN(Cc2c(F)c(F)c(F)c(F)c2F)C1. The Labute approximate surface area is 100 Å². The van der Waals surface area contributed by atoms with Crippen molar-refractivity contribution in [1.82, 2.24) is 4.90 Å². The third-order valence-corrected chi connectivity index (χ3v) is 2.99. The Bertz CT molecular complexity index is 448. The Morgan fingerprint density at radius 2 is 1.44 bits per heavy atom. The van der Waals surface area contributed by atoms with Crippen LogP contribution < -0.4 is 5.73 Å². The summed E-state index contributed by atoms with van der Waals surface area (Å²) in [5.41, 5.74) is 4.80. The van der Waals surface area contributed by atoms with Gasteiger partial charge < -0.3 is 5.73 Å². The van der Waals surface area contributed by atoms with Crippen molar-refractivity contribution in [2.75, 3.05) is 13.1 Å². The molecule has 0 amide bonds. The molecule has 1 aliphatic rings. The maximum absolute atomic E-state index is 13.4. The van der Waals surface area contributed by atoms with Crippen LogP contribution in [-0.4, -0.2) is 24.0 Å². The van der Waals surface area contributed by atoms with E-state index in [4.69, 9.17) is 5.73 Å². The molecule has 0 saturated carbocycles. The predicted molar refractivity (Wildman–Crippen MR) is 54.1 cm³/mol. The van der Waals surface area contributed by atoms with Crippen LogP contribution in [0.2, 0.25) is 0 Å². The average molecular weight is 266 g/mol. The normalized spacial score (nSPS) is 20.7. The fraction of sp³-hybridized carbons (Fsp3) is 0.455. The first kappa shape index (κ1) is 13.2. The van der Waals surface area contributed by atoms with Gasteiger partial charge in [-0.3, -0.25) is 4.90 Å². The van der Waals surface area contributed by atoms with Crippen molar-refractivity contribution in [2.24, 2.45) is 5.73 Å². The zero-order valence-corrected chi connectivity index (χ0v) is 9.32. The summed E-state index contributed by atoms with van der Waals surface area (Å²) in [6.07, 6.45) is 0.634. The summed E-state index contributed by atoms with van der Waals surface area (Å²) in [4.78, 5) is 1.56. The number of nitrogens with zero attached hydrogens (tertiary/aromatic N) is 1. The molecular weight excluding hydrogens is 255 g/mol. The zero-order chi connectivity index (χ0) is 13.4. The lowest BCUT2D eigenvalue weighted by Crippen LogP contribution is -2.27. The zero-order valence-electron chi connectivity index (χ0n) is 9.32. The van der Waals surface area contributed by atoms with Crippen molar-refractivity contribution >= 4 is 0 Å². The molecule has 2 nitrogen and oxygen atoms in total. The third-order valence-electron chi connectivity index (χ3n) is 2.99. The van der Waals surface area contributed by atoms with Crippen molar-refractivity contribution < 1.29 is 22.0 Å². The van der Waals surface area contributed by atoms with Gasteiger partial charge in [0.25, 0.3) is 0 Å². The van der Waals surface area contributed by atoms with E-state index < -0.39 is 34.6 Å². The smallest absolute Gasteiger partial charge is 0.200 e. The molecule has 1 aromatic carbocycles. The van der Waals surface area contributed by atoms with Gasteiger partial charge in [-0.05, 0) is 6.42 Å². The second-order valence-electron chi connectivity index (χ2n) is 4.33. The Hall–Kier alpha value is -1.21. The molecule has 0 spiro atoms. The van der Waals surface area contributed by atoms with Gasteiger partial charge in [-0.15, -0.1) is 0 Å². The van der Waals surface area contributed by atoms with Gasteiger partial charge in [0.05, 0.1) is 0 Å². The molecule has 1 aliphatic heterocycles. The molecule has 0 bridgehead atoms. The van der Waals surface area contributed by atoms with Crippen LogP contribution in [0.1, 0.15) is 12.0 Å². The minimum atomic E-state index is -2.13. The first-order chi connectivity index (χ1) is 8.41. The fourth-order valence-corrected chi connectivity index (χ4v) is 2.02. The van der Waals surface area contributed by atoms with Crippen LogP contribution in [0.5, 0.6) is 0 Å². The molecule has 0 aliphatic carbocycles. The number of nitrogens with two attached hydrogens (primary N) is 1. The molecule has 2 rings (SSSR count). The van der Waals surface area contributed by atoms with E-state index in [0.717, 1.165) is 0 Å². The minimum Gasteiger partial charge on any atom is -0.326 e. The summed E-state index contributed by atoms with van der Waals surface area (Å²) in [6, 6.07) is -0.133. The predicted octanol–water partition coefficient (Wildman–Crippen LogP) is 1.92. The standard InChI is InChI=1S/C11H11F5N2/c12-7-6(4-18-2-1-5(17)3-18)8(13)10(15)11(16)9(7)14/h5H,1-4,17H2. The van der Waals surface area contributed by atoms with Crippen molar-refractivity contribution in [3.8, 4) is 0 Å². The Morgan fingerprint density at radius 3 is 1.89 bits per heavy atom. The molecule has 1 aromatic rings. The van der Waals surface area contributed by atoms with Gasteiger partial charge in [0, 0.05) is 31.2 Å². The van der Waals surface area contributed by atoms with E-state index in [1.165, 1.54) is 0 Å². The maximum atomic E-state index is 13.4. The van der Waals surface area contributed by atoms with E-state index in [1.807, 2.05) is 0 Å². The molecule has 2 N–H and O–H groups in total. The number of hydrogen-bond donors (Lipinski definition) is 1. The van der Waals surface area contributed by atoms with Crippen molar-refractivity contribution in [3.05, 3.63) is 34.6 Å². The van der Waals surface area contributed by atoms with Crippen LogP contribution in [0.3, 0.4) is 0 Å². The number of hydrogen-bond acceptors (Lipinski definition) is 2. The van der Waals surface area contributed by atoms with Gasteiger partial charge in [-0.2, -0.15) is 0 Å². The first-order valence-electron chi connectivity index (χ1n) is 5.40. The van der Waals surface area contributed by atoms with E-state index in [2.05, 4.69) is 0 Å². The quantitative estimate of drug-likeness (QED) is 0.503. The first-order valence-corrected chi connectivity index (χ1v) is 5.40. The second-order valence-corrected chi connectivity index (χ2v) is 4.33.